The molecule has 1 fully saturated rings. The summed E-state index contributed by atoms with van der Waals surface area (Å²) in [5, 5.41) is 15.3. The van der Waals surface area contributed by atoms with Gasteiger partial charge < -0.3 is 30.3 Å². The van der Waals surface area contributed by atoms with Crippen LogP contribution in [0, 0.1) is 0 Å². The van der Waals surface area contributed by atoms with Crippen LogP contribution in [0.25, 0.3) is 11.4 Å². The van der Waals surface area contributed by atoms with Crippen LogP contribution in [0.1, 0.15) is 35.8 Å². The SMILES string of the molecule is CCOC(=O)N1CCN(C(=O)[C@H](CCC(=O)O)NC(=O)c2cc(NCCc3ccccc3)nc(-c3ccccc3)n2)CC1. The molecule has 1 saturated heterocycles. The molecule has 0 radical (unpaired) electrons. The second-order valence-corrected chi connectivity index (χ2v) is 9.96. The van der Waals surface area contributed by atoms with Gasteiger partial charge in [0.2, 0.25) is 5.91 Å². The zero-order valence-corrected chi connectivity index (χ0v) is 24.1. The first-order valence-corrected chi connectivity index (χ1v) is 14.3. The number of nitrogens with zero attached hydrogens (tertiary/aromatic N) is 4. The number of piperazine rings is 1. The Morgan fingerprint density at radius 1 is 0.930 bits per heavy atom. The van der Waals surface area contributed by atoms with Crippen LogP contribution in [0.15, 0.2) is 66.7 Å². The molecule has 4 rings (SSSR count). The molecule has 1 aromatic heterocycles. The van der Waals surface area contributed by atoms with Crippen molar-refractivity contribution in [1.82, 2.24) is 25.1 Å². The minimum Gasteiger partial charge on any atom is -0.481 e. The highest BCUT2D eigenvalue weighted by molar-refractivity contribution is 5.97. The Morgan fingerprint density at radius 2 is 1.58 bits per heavy atom. The Bertz CT molecular complexity index is 1400. The highest BCUT2D eigenvalue weighted by Crippen LogP contribution is 2.19. The highest BCUT2D eigenvalue weighted by Gasteiger charge is 2.31. The molecule has 3 N–H and O–H groups in total. The minimum atomic E-state index is -1.10. The molecule has 2 aromatic carbocycles. The van der Waals surface area contributed by atoms with Gasteiger partial charge in [0.25, 0.3) is 5.91 Å². The molecule has 3 amide bonds. The smallest absolute Gasteiger partial charge is 0.409 e. The lowest BCUT2D eigenvalue weighted by Crippen LogP contribution is -2.56. The Morgan fingerprint density at radius 3 is 2.23 bits per heavy atom. The normalized spacial score (nSPS) is 13.6. The van der Waals surface area contributed by atoms with Crippen LogP contribution >= 0.6 is 0 Å². The summed E-state index contributed by atoms with van der Waals surface area (Å²) in [7, 11) is 0. The highest BCUT2D eigenvalue weighted by atomic mass is 16.6. The summed E-state index contributed by atoms with van der Waals surface area (Å²) in [4.78, 5) is 62.5. The zero-order valence-electron chi connectivity index (χ0n) is 24.1. The van der Waals surface area contributed by atoms with Gasteiger partial charge in [-0.05, 0) is 25.3 Å². The van der Waals surface area contributed by atoms with Crippen LogP contribution in [0.5, 0.6) is 0 Å². The summed E-state index contributed by atoms with van der Waals surface area (Å²) in [6, 6.07) is 19.6. The zero-order chi connectivity index (χ0) is 30.6. The Kier molecular flexibility index (Phi) is 11.0. The van der Waals surface area contributed by atoms with Crippen molar-refractivity contribution in [3.05, 3.63) is 78.0 Å². The quantitative estimate of drug-likeness (QED) is 0.290. The van der Waals surface area contributed by atoms with Crippen molar-refractivity contribution in [2.45, 2.75) is 32.2 Å². The van der Waals surface area contributed by atoms with E-state index in [2.05, 4.69) is 20.6 Å². The van der Waals surface area contributed by atoms with Gasteiger partial charge in [0, 0.05) is 50.8 Å². The number of benzene rings is 2. The Labute approximate surface area is 250 Å². The van der Waals surface area contributed by atoms with Crippen molar-refractivity contribution in [1.29, 1.82) is 0 Å². The van der Waals surface area contributed by atoms with E-state index in [0.29, 0.717) is 23.8 Å². The number of ether oxygens (including phenoxy) is 1. The van der Waals surface area contributed by atoms with Crippen LogP contribution in [-0.2, 0) is 20.7 Å². The van der Waals surface area contributed by atoms with Crippen molar-refractivity contribution < 1.29 is 29.0 Å². The van der Waals surface area contributed by atoms with E-state index in [4.69, 9.17) is 4.74 Å². The van der Waals surface area contributed by atoms with Crippen LogP contribution in [0.4, 0.5) is 10.6 Å². The number of carboxylic acid groups (broad SMARTS) is 1. The van der Waals surface area contributed by atoms with E-state index in [-0.39, 0.29) is 51.3 Å². The van der Waals surface area contributed by atoms with Crippen LogP contribution in [-0.4, -0.2) is 94.1 Å². The second kappa shape index (κ2) is 15.3. The summed E-state index contributed by atoms with van der Waals surface area (Å²) in [5.74, 6) is -1.36. The first-order valence-electron chi connectivity index (χ1n) is 14.3. The number of rotatable bonds is 12. The fourth-order valence-corrected chi connectivity index (χ4v) is 4.65. The predicted octanol–water partition coefficient (Wildman–Crippen LogP) is 3.06. The average molecular weight is 589 g/mol. The van der Waals surface area contributed by atoms with Gasteiger partial charge in [0.05, 0.1) is 6.61 Å². The number of nitrogens with one attached hydrogen (secondary N) is 2. The third kappa shape index (κ3) is 8.99. The van der Waals surface area contributed by atoms with Gasteiger partial charge in [-0.25, -0.2) is 14.8 Å². The van der Waals surface area contributed by atoms with Gasteiger partial charge in [-0.3, -0.25) is 14.4 Å². The van der Waals surface area contributed by atoms with E-state index in [1.807, 2.05) is 60.7 Å². The molecule has 0 unspecified atom stereocenters. The largest absolute Gasteiger partial charge is 0.481 e. The van der Waals surface area contributed by atoms with Crippen LogP contribution in [0.3, 0.4) is 0 Å². The van der Waals surface area contributed by atoms with Gasteiger partial charge in [-0.15, -0.1) is 0 Å². The molecule has 0 aliphatic carbocycles. The third-order valence-electron chi connectivity index (χ3n) is 6.92. The standard InChI is InChI=1S/C31H36N6O6/c1-2-43-31(42)37-19-17-36(18-20-37)30(41)24(13-14-27(38)39)34-29(40)25-21-26(32-16-15-22-9-5-3-6-10-22)35-28(33-25)23-11-7-4-8-12-23/h3-12,21,24H,2,13-20H2,1H3,(H,34,40)(H,38,39)(H,32,33,35)/t24-/m0/s1. The number of carbonyl (C=O) groups is 4. The van der Waals surface area contributed by atoms with E-state index >= 15 is 0 Å². The topological polar surface area (TPSA) is 154 Å². The van der Waals surface area contributed by atoms with E-state index in [1.165, 1.54) is 15.9 Å². The van der Waals surface area contributed by atoms with E-state index in [9.17, 15) is 24.3 Å². The molecule has 1 aliphatic rings. The predicted molar refractivity (Wildman–Crippen MR) is 159 cm³/mol. The lowest BCUT2D eigenvalue weighted by atomic mass is 10.1. The maximum atomic E-state index is 13.5. The lowest BCUT2D eigenvalue weighted by Gasteiger charge is -2.35. The fourth-order valence-electron chi connectivity index (χ4n) is 4.65. The number of anilines is 1. The van der Waals surface area contributed by atoms with Gasteiger partial charge >= 0.3 is 12.1 Å². The Balaban J connectivity index is 1.50. The molecule has 1 aliphatic heterocycles. The molecular formula is C31H36N6O6. The van der Waals surface area contributed by atoms with Gasteiger partial charge in [0.15, 0.2) is 5.82 Å². The summed E-state index contributed by atoms with van der Waals surface area (Å²) < 4.78 is 5.03. The molecule has 12 nitrogen and oxygen atoms in total. The molecule has 1 atom stereocenters. The van der Waals surface area contributed by atoms with Crippen molar-refractivity contribution in [3.8, 4) is 11.4 Å². The monoisotopic (exact) mass is 588 g/mol. The van der Waals surface area contributed by atoms with Gasteiger partial charge in [-0.2, -0.15) is 0 Å². The van der Waals surface area contributed by atoms with E-state index in [1.54, 1.807) is 6.92 Å². The molecule has 0 saturated carbocycles. The summed E-state index contributed by atoms with van der Waals surface area (Å²) in [6.45, 7) is 3.55. The minimum absolute atomic E-state index is 0.0383. The fraction of sp³-hybridized carbons (Fsp3) is 0.355. The average Bonchev–Trinajstić information content (AvgIpc) is 3.03. The van der Waals surface area contributed by atoms with Gasteiger partial charge in [-0.1, -0.05) is 60.7 Å². The maximum absolute atomic E-state index is 13.5. The molecule has 226 valence electrons. The van der Waals surface area contributed by atoms with E-state index in [0.717, 1.165) is 12.0 Å². The number of aliphatic carboxylic acids is 1. The van der Waals surface area contributed by atoms with Gasteiger partial charge in [0.1, 0.15) is 17.6 Å². The summed E-state index contributed by atoms with van der Waals surface area (Å²) in [6.07, 6.45) is -0.124. The number of aromatic nitrogens is 2. The van der Waals surface area contributed by atoms with Crippen LogP contribution in [0.2, 0.25) is 0 Å². The Hall–Kier alpha value is -5.00. The maximum Gasteiger partial charge on any atom is 0.409 e. The lowest BCUT2D eigenvalue weighted by molar-refractivity contribution is -0.138. The number of hydrogen-bond acceptors (Lipinski definition) is 8. The molecular weight excluding hydrogens is 552 g/mol. The number of amides is 3. The van der Waals surface area contributed by atoms with Crippen molar-refractivity contribution in [3.63, 3.8) is 0 Å². The summed E-state index contributed by atoms with van der Waals surface area (Å²) in [5.41, 5.74) is 1.89. The summed E-state index contributed by atoms with van der Waals surface area (Å²) >= 11 is 0. The van der Waals surface area contributed by atoms with Crippen molar-refractivity contribution in [2.24, 2.45) is 0 Å². The number of hydrogen-bond donors (Lipinski definition) is 3. The van der Waals surface area contributed by atoms with Crippen molar-refractivity contribution >= 4 is 29.7 Å². The van der Waals surface area contributed by atoms with Crippen LogP contribution < -0.4 is 10.6 Å². The molecule has 0 spiro atoms. The molecule has 43 heavy (non-hydrogen) atoms. The molecule has 0 bridgehead atoms. The second-order valence-electron chi connectivity index (χ2n) is 9.96. The van der Waals surface area contributed by atoms with E-state index < -0.39 is 29.9 Å². The molecule has 2 heterocycles. The molecule has 12 heteroatoms. The van der Waals surface area contributed by atoms with Crippen molar-refractivity contribution in [2.75, 3.05) is 44.6 Å². The third-order valence-corrected chi connectivity index (χ3v) is 6.92. The number of carboxylic acids is 1. The molecule has 3 aromatic rings. The first kappa shape index (κ1) is 30.9. The number of carbonyl (C=O) groups excluding carboxylic acids is 3. The first-order chi connectivity index (χ1) is 20.8.